The van der Waals surface area contributed by atoms with Gasteiger partial charge in [-0.25, -0.2) is 9.78 Å². The number of ether oxygens (including phenoxy) is 1. The van der Waals surface area contributed by atoms with Crippen LogP contribution in [0, 0.1) is 0 Å². The van der Waals surface area contributed by atoms with Crippen LogP contribution in [-0.2, 0) is 16.1 Å². The highest BCUT2D eigenvalue weighted by molar-refractivity contribution is 5.80. The molecule has 0 aliphatic carbocycles. The molecule has 106 valence electrons. The van der Waals surface area contributed by atoms with E-state index in [0.29, 0.717) is 11.5 Å². The third-order valence-corrected chi connectivity index (χ3v) is 2.75. The highest BCUT2D eigenvalue weighted by Crippen LogP contribution is 2.18. The molecule has 0 aliphatic heterocycles. The van der Waals surface area contributed by atoms with E-state index in [2.05, 4.69) is 15.1 Å². The normalized spacial score (nSPS) is 10.9. The lowest BCUT2D eigenvalue weighted by atomic mass is 10.2. The molecule has 0 aliphatic rings. The lowest BCUT2D eigenvalue weighted by Gasteiger charge is -1.98. The number of carboxylic acids is 1. The van der Waals surface area contributed by atoms with Crippen LogP contribution in [0.2, 0.25) is 0 Å². The number of rotatable bonds is 5. The molecule has 0 spiro atoms. The summed E-state index contributed by atoms with van der Waals surface area (Å²) in [5.41, 5.74) is 1.42. The molecule has 0 bridgehead atoms. The van der Waals surface area contributed by atoms with Gasteiger partial charge in [0.15, 0.2) is 0 Å². The molecule has 7 heteroatoms. The van der Waals surface area contributed by atoms with Crippen molar-refractivity contribution in [2.75, 3.05) is 6.61 Å². The largest absolute Gasteiger partial charge is 0.480 e. The molecular formula is C14H11N3O4. The fraction of sp³-hybridized carbons (Fsp3) is 0.143. The van der Waals surface area contributed by atoms with Crippen LogP contribution in [0.1, 0.15) is 5.89 Å². The predicted molar refractivity (Wildman–Crippen MR) is 72.3 cm³/mol. The third-order valence-electron chi connectivity index (χ3n) is 2.75. The predicted octanol–water partition coefficient (Wildman–Crippen LogP) is 1.89. The van der Waals surface area contributed by atoms with Crippen LogP contribution >= 0.6 is 0 Å². The average Bonchev–Trinajstić information content (AvgIpc) is 2.95. The molecule has 0 fully saturated rings. The second kappa shape index (κ2) is 5.68. The van der Waals surface area contributed by atoms with Crippen LogP contribution < -0.4 is 0 Å². The topological polar surface area (TPSA) is 98.3 Å². The number of para-hydroxylation sites is 1. The fourth-order valence-corrected chi connectivity index (χ4v) is 1.83. The zero-order chi connectivity index (χ0) is 14.7. The highest BCUT2D eigenvalue weighted by Gasteiger charge is 2.11. The highest BCUT2D eigenvalue weighted by atomic mass is 16.5. The van der Waals surface area contributed by atoms with Gasteiger partial charge < -0.3 is 14.4 Å². The maximum atomic E-state index is 10.3. The van der Waals surface area contributed by atoms with E-state index in [1.807, 2.05) is 30.3 Å². The zero-order valence-electron chi connectivity index (χ0n) is 10.9. The van der Waals surface area contributed by atoms with Crippen LogP contribution in [0.4, 0.5) is 0 Å². The quantitative estimate of drug-likeness (QED) is 0.764. The lowest BCUT2D eigenvalue weighted by Crippen LogP contribution is -2.06. The summed E-state index contributed by atoms with van der Waals surface area (Å²) < 4.78 is 9.88. The molecule has 0 saturated carbocycles. The summed E-state index contributed by atoms with van der Waals surface area (Å²) in [7, 11) is 0. The van der Waals surface area contributed by atoms with E-state index in [0.717, 1.165) is 10.9 Å². The number of aliphatic carboxylic acids is 1. The van der Waals surface area contributed by atoms with Crippen molar-refractivity contribution in [2.45, 2.75) is 6.61 Å². The number of carbonyl (C=O) groups is 1. The number of pyridine rings is 1. The van der Waals surface area contributed by atoms with Gasteiger partial charge in [-0.15, -0.1) is 0 Å². The van der Waals surface area contributed by atoms with Crippen molar-refractivity contribution in [1.29, 1.82) is 0 Å². The van der Waals surface area contributed by atoms with Gasteiger partial charge in [-0.2, -0.15) is 4.98 Å². The molecule has 0 radical (unpaired) electrons. The summed E-state index contributed by atoms with van der Waals surface area (Å²) in [4.78, 5) is 18.9. The number of aromatic nitrogens is 3. The number of hydrogen-bond donors (Lipinski definition) is 1. The zero-order valence-corrected chi connectivity index (χ0v) is 10.9. The van der Waals surface area contributed by atoms with Crippen molar-refractivity contribution < 1.29 is 19.2 Å². The van der Waals surface area contributed by atoms with E-state index in [9.17, 15) is 4.79 Å². The molecule has 1 N–H and O–H groups in total. The summed E-state index contributed by atoms with van der Waals surface area (Å²) in [6, 6.07) is 11.4. The molecule has 0 atom stereocenters. The van der Waals surface area contributed by atoms with Crippen LogP contribution in [0.25, 0.3) is 22.4 Å². The maximum absolute atomic E-state index is 10.3. The summed E-state index contributed by atoms with van der Waals surface area (Å²) in [6.07, 6.45) is 0. The first-order chi connectivity index (χ1) is 10.2. The van der Waals surface area contributed by atoms with Crippen molar-refractivity contribution in [1.82, 2.24) is 15.1 Å². The Kier molecular flexibility index (Phi) is 3.57. The molecule has 21 heavy (non-hydrogen) atoms. The molecule has 2 heterocycles. The van der Waals surface area contributed by atoms with E-state index < -0.39 is 12.6 Å². The first-order valence-corrected chi connectivity index (χ1v) is 6.20. The van der Waals surface area contributed by atoms with Gasteiger partial charge in [-0.05, 0) is 12.1 Å². The summed E-state index contributed by atoms with van der Waals surface area (Å²) >= 11 is 0. The SMILES string of the molecule is O=C(O)COCc1nc(-c2ccc3ccccc3n2)no1. The van der Waals surface area contributed by atoms with E-state index in [1.54, 1.807) is 6.07 Å². The third kappa shape index (κ3) is 3.03. The van der Waals surface area contributed by atoms with E-state index in [1.165, 1.54) is 0 Å². The molecule has 1 aromatic carbocycles. The van der Waals surface area contributed by atoms with Crippen molar-refractivity contribution in [3.63, 3.8) is 0 Å². The molecular weight excluding hydrogens is 274 g/mol. The maximum Gasteiger partial charge on any atom is 0.329 e. The number of hydrogen-bond acceptors (Lipinski definition) is 6. The van der Waals surface area contributed by atoms with E-state index in [-0.39, 0.29) is 12.5 Å². The lowest BCUT2D eigenvalue weighted by molar-refractivity contribution is -0.142. The van der Waals surface area contributed by atoms with Crippen LogP contribution in [-0.4, -0.2) is 32.8 Å². The summed E-state index contributed by atoms with van der Waals surface area (Å²) in [5, 5.41) is 13.3. The Bertz CT molecular complexity index is 784. The monoisotopic (exact) mass is 285 g/mol. The smallest absolute Gasteiger partial charge is 0.329 e. The van der Waals surface area contributed by atoms with Crippen molar-refractivity contribution in [2.24, 2.45) is 0 Å². The number of fused-ring (bicyclic) bond motifs is 1. The van der Waals surface area contributed by atoms with Crippen LogP contribution in [0.15, 0.2) is 40.9 Å². The van der Waals surface area contributed by atoms with Crippen molar-refractivity contribution >= 4 is 16.9 Å². The van der Waals surface area contributed by atoms with Gasteiger partial charge in [-0.3, -0.25) is 0 Å². The fourth-order valence-electron chi connectivity index (χ4n) is 1.83. The van der Waals surface area contributed by atoms with Crippen LogP contribution in [0.5, 0.6) is 0 Å². The molecule has 2 aromatic heterocycles. The Balaban J connectivity index is 1.79. The van der Waals surface area contributed by atoms with Gasteiger partial charge in [0.2, 0.25) is 5.82 Å². The van der Waals surface area contributed by atoms with Gasteiger partial charge >= 0.3 is 5.97 Å². The minimum Gasteiger partial charge on any atom is -0.480 e. The minimum atomic E-state index is -1.05. The van der Waals surface area contributed by atoms with Gasteiger partial charge in [-0.1, -0.05) is 29.4 Å². The molecule has 0 amide bonds. The number of benzene rings is 1. The van der Waals surface area contributed by atoms with Gasteiger partial charge in [0.25, 0.3) is 5.89 Å². The standard InChI is InChI=1S/C14H11N3O4/c18-13(19)8-20-7-12-16-14(17-21-12)11-6-5-9-3-1-2-4-10(9)15-11/h1-6H,7-8H2,(H,18,19). The van der Waals surface area contributed by atoms with E-state index >= 15 is 0 Å². The summed E-state index contributed by atoms with van der Waals surface area (Å²) in [5.74, 6) is -0.498. The first-order valence-electron chi connectivity index (χ1n) is 6.20. The second-order valence-corrected chi connectivity index (χ2v) is 4.29. The first kappa shape index (κ1) is 13.2. The number of carboxylic acid groups (broad SMARTS) is 1. The molecule has 0 saturated heterocycles. The Morgan fingerprint density at radius 2 is 2.05 bits per heavy atom. The van der Waals surface area contributed by atoms with E-state index in [4.69, 9.17) is 14.4 Å². The van der Waals surface area contributed by atoms with Crippen molar-refractivity contribution in [3.8, 4) is 11.5 Å². The minimum absolute atomic E-state index is 0.0487. The van der Waals surface area contributed by atoms with Crippen LogP contribution in [0.3, 0.4) is 0 Å². The molecule has 0 unspecified atom stereocenters. The van der Waals surface area contributed by atoms with Gasteiger partial charge in [0, 0.05) is 5.39 Å². The molecule has 7 nitrogen and oxygen atoms in total. The van der Waals surface area contributed by atoms with Gasteiger partial charge in [0.05, 0.1) is 5.52 Å². The summed E-state index contributed by atoms with van der Waals surface area (Å²) in [6.45, 7) is -0.460. The molecule has 3 aromatic rings. The Morgan fingerprint density at radius 3 is 2.90 bits per heavy atom. The number of nitrogens with zero attached hydrogens (tertiary/aromatic N) is 3. The Hall–Kier alpha value is -2.80. The Morgan fingerprint density at radius 1 is 1.19 bits per heavy atom. The average molecular weight is 285 g/mol. The van der Waals surface area contributed by atoms with Crippen molar-refractivity contribution in [3.05, 3.63) is 42.3 Å². The van der Waals surface area contributed by atoms with Gasteiger partial charge in [0.1, 0.15) is 18.9 Å². The Labute approximate surface area is 119 Å². The molecule has 3 rings (SSSR count). The second-order valence-electron chi connectivity index (χ2n) is 4.29.